The molecule has 4 N–H and O–H groups in total. The maximum atomic E-state index is 12.7. The Morgan fingerprint density at radius 3 is 1.36 bits per heavy atom. The molecule has 0 aliphatic carbocycles. The number of benzene rings is 4. The van der Waals surface area contributed by atoms with E-state index in [-0.39, 0.29) is 61.2 Å². The van der Waals surface area contributed by atoms with Crippen molar-refractivity contribution in [3.8, 4) is 0 Å². The second-order valence-corrected chi connectivity index (χ2v) is 28.9. The fraction of sp³-hybridized carbons (Fsp3) is 0.472. The first-order valence-corrected chi connectivity index (χ1v) is 28.4. The minimum atomic E-state index is -1.86. The van der Waals surface area contributed by atoms with Gasteiger partial charge in [-0.05, 0) is 95.6 Å². The van der Waals surface area contributed by atoms with E-state index in [0.29, 0.717) is 17.7 Å². The Morgan fingerprint density at radius 1 is 0.591 bits per heavy atom. The van der Waals surface area contributed by atoms with Crippen molar-refractivity contribution >= 4 is 51.5 Å². The number of amides is 1. The number of ketones is 2. The lowest BCUT2D eigenvalue weighted by Crippen LogP contribution is -2.40. The number of likely N-dealkylation sites (N-methyl/N-ethyl adjacent to an activating group) is 1. The predicted octanol–water partition coefficient (Wildman–Crippen LogP) is 11.2. The molecule has 66 heavy (non-hydrogen) atoms. The molecule has 0 radical (unpaired) electrons. The molecule has 1 amide bonds. The van der Waals surface area contributed by atoms with Gasteiger partial charge in [-0.1, -0.05) is 136 Å². The molecule has 0 aromatic heterocycles. The number of Topliss-reactive ketones (excluding diaryl/α,β-unsaturated/α-hetero) is 2. The van der Waals surface area contributed by atoms with Crippen molar-refractivity contribution in [2.45, 2.75) is 125 Å². The van der Waals surface area contributed by atoms with Crippen molar-refractivity contribution in [1.82, 2.24) is 10.6 Å². The zero-order valence-electron chi connectivity index (χ0n) is 41.7. The van der Waals surface area contributed by atoms with Gasteiger partial charge >= 0.3 is 5.97 Å². The minimum absolute atomic E-state index is 0. The van der Waals surface area contributed by atoms with E-state index in [0.717, 1.165) is 30.7 Å². The zero-order chi connectivity index (χ0) is 49.0. The molecule has 4 aromatic carbocycles. The van der Waals surface area contributed by atoms with Crippen LogP contribution in [0.25, 0.3) is 0 Å². The zero-order valence-corrected chi connectivity index (χ0v) is 43.7. The van der Waals surface area contributed by atoms with Crippen LogP contribution in [-0.4, -0.2) is 85.5 Å². The molecule has 0 fully saturated rings. The molecule has 0 unspecified atom stereocenters. The molecular formula is C53H82N4O7Si2. The molecule has 11 nitrogen and oxygen atoms in total. The van der Waals surface area contributed by atoms with E-state index >= 15 is 0 Å². The fourth-order valence-corrected chi connectivity index (χ4v) is 7.58. The molecule has 4 aromatic rings. The maximum absolute atomic E-state index is 12.7. The molecule has 0 atom stereocenters. The van der Waals surface area contributed by atoms with Crippen LogP contribution in [0.3, 0.4) is 0 Å². The van der Waals surface area contributed by atoms with Crippen LogP contribution in [-0.2, 0) is 44.5 Å². The lowest BCUT2D eigenvalue weighted by Gasteiger charge is -2.36. The highest BCUT2D eigenvalue weighted by molar-refractivity contribution is 6.74. The molecule has 0 spiro atoms. The van der Waals surface area contributed by atoms with E-state index in [4.69, 9.17) is 14.0 Å². The van der Waals surface area contributed by atoms with Crippen LogP contribution in [0.5, 0.6) is 0 Å². The molecule has 4 rings (SSSR count). The smallest absolute Gasteiger partial charge is 0.317 e. The number of nitrogens with one attached hydrogen (secondary N) is 3. The first-order chi connectivity index (χ1) is 30.3. The van der Waals surface area contributed by atoms with E-state index in [1.54, 1.807) is 48.3 Å². The number of carbonyl (C=O) groups is 4. The van der Waals surface area contributed by atoms with Crippen LogP contribution in [0.1, 0.15) is 106 Å². The average Bonchev–Trinajstić information content (AvgIpc) is 3.27. The Hall–Kier alpha value is -4.77. The average molecular weight is 943 g/mol. The Morgan fingerprint density at radius 2 is 0.970 bits per heavy atom. The summed E-state index contributed by atoms with van der Waals surface area (Å²) in [5, 5.41) is 17.5. The SMILES string of the molecule is C.CCc1cc(CO[Si](C)(C)C(C)(C)C)cc(N(C)C(=O)CNCC(=O)c2ccccc2)c1.CCc1cc(CO[Si](C)(C)C(C)(C)C)cc(NC)c1.O=C(O)CNCC(=O)c1ccccc1. The van der Waals surface area contributed by atoms with Crippen LogP contribution >= 0.6 is 0 Å². The van der Waals surface area contributed by atoms with E-state index in [9.17, 15) is 19.2 Å². The molecule has 0 bridgehead atoms. The van der Waals surface area contributed by atoms with Gasteiger partial charge in [0.15, 0.2) is 28.2 Å². The van der Waals surface area contributed by atoms with Gasteiger partial charge in [-0.15, -0.1) is 0 Å². The summed E-state index contributed by atoms with van der Waals surface area (Å²) < 4.78 is 12.7. The molecule has 364 valence electrons. The Labute approximate surface area is 399 Å². The van der Waals surface area contributed by atoms with Crippen LogP contribution in [0, 0.1) is 0 Å². The number of rotatable bonds is 20. The summed E-state index contributed by atoms with van der Waals surface area (Å²) in [7, 11) is 0.216. The number of anilines is 2. The van der Waals surface area contributed by atoms with Crippen molar-refractivity contribution in [1.29, 1.82) is 0 Å². The third kappa shape index (κ3) is 20.4. The monoisotopic (exact) mass is 943 g/mol. The molecule has 0 heterocycles. The molecular weight excluding hydrogens is 861 g/mol. The first kappa shape index (κ1) is 59.3. The summed E-state index contributed by atoms with van der Waals surface area (Å²) in [4.78, 5) is 48.1. The van der Waals surface area contributed by atoms with Gasteiger partial charge in [0.25, 0.3) is 0 Å². The van der Waals surface area contributed by atoms with Crippen LogP contribution in [0.15, 0.2) is 97.1 Å². The molecule has 0 saturated carbocycles. The molecule has 0 aliphatic rings. The highest BCUT2D eigenvalue weighted by atomic mass is 28.4. The predicted molar refractivity (Wildman–Crippen MR) is 280 cm³/mol. The number of aliphatic carboxylic acids is 1. The Bertz CT molecular complexity index is 2090. The summed E-state index contributed by atoms with van der Waals surface area (Å²) in [6.45, 7) is 28.3. The third-order valence-corrected chi connectivity index (χ3v) is 21.0. The summed E-state index contributed by atoms with van der Waals surface area (Å²) in [5.41, 5.74) is 8.13. The number of hydrogen-bond donors (Lipinski definition) is 4. The van der Waals surface area contributed by atoms with Gasteiger partial charge in [-0.2, -0.15) is 0 Å². The number of hydrogen-bond acceptors (Lipinski definition) is 9. The Balaban J connectivity index is 0.000000543. The van der Waals surface area contributed by atoms with Gasteiger partial charge in [-0.25, -0.2) is 0 Å². The molecule has 0 aliphatic heterocycles. The molecule has 13 heteroatoms. The number of carboxylic acid groups (broad SMARTS) is 1. The van der Waals surface area contributed by atoms with Gasteiger partial charge in [0.05, 0.1) is 39.4 Å². The first-order valence-electron chi connectivity index (χ1n) is 22.6. The fourth-order valence-electron chi connectivity index (χ4n) is 5.66. The van der Waals surface area contributed by atoms with Crippen LogP contribution in [0.4, 0.5) is 11.4 Å². The second-order valence-electron chi connectivity index (χ2n) is 19.2. The second kappa shape index (κ2) is 27.8. The van der Waals surface area contributed by atoms with E-state index in [1.165, 1.54) is 22.4 Å². The standard InChI is InChI=1S/C26H38N2O3Si.C16H29NOSi.C10H11NO3.CH4/c1-8-20-14-21(19-31-32(6,7)26(2,3)4)16-23(15-20)28(5)25(30)18-27-17-24(29)22-12-10-9-11-13-22;1-8-13-9-14(11-15(10-13)17-5)12-18-19(6,7)16(2,3)4;12-9(6-11-7-10(13)14)8-4-2-1-3-5-8;/h9-16,27H,8,17-19H2,1-7H3;9-11,17H,8,12H2,1-7H3;1-5,11H,6-7H2,(H,13,14);1H4. The van der Waals surface area contributed by atoms with Crippen LogP contribution < -0.4 is 20.9 Å². The van der Waals surface area contributed by atoms with Crippen molar-refractivity contribution in [2.75, 3.05) is 50.5 Å². The van der Waals surface area contributed by atoms with E-state index < -0.39 is 22.6 Å². The highest BCUT2D eigenvalue weighted by Gasteiger charge is 2.38. The number of carbonyl (C=O) groups excluding carboxylic acids is 3. The largest absolute Gasteiger partial charge is 0.480 e. The van der Waals surface area contributed by atoms with Crippen molar-refractivity contribution in [2.24, 2.45) is 0 Å². The Kier molecular flexibility index (Phi) is 24.9. The summed E-state index contributed by atoms with van der Waals surface area (Å²) in [6.07, 6.45) is 1.94. The number of aryl methyl sites for hydroxylation is 2. The number of nitrogens with zero attached hydrogens (tertiary/aromatic N) is 1. The van der Waals surface area contributed by atoms with Gasteiger partial charge in [0, 0.05) is 36.6 Å². The highest BCUT2D eigenvalue weighted by Crippen LogP contribution is 2.38. The topological polar surface area (TPSA) is 146 Å². The number of carboxylic acids is 1. The van der Waals surface area contributed by atoms with Crippen LogP contribution in [0.2, 0.25) is 36.3 Å². The third-order valence-electron chi connectivity index (χ3n) is 12.1. The van der Waals surface area contributed by atoms with Gasteiger partial charge in [0.2, 0.25) is 5.91 Å². The quantitative estimate of drug-likeness (QED) is 0.0499. The van der Waals surface area contributed by atoms with Crippen molar-refractivity contribution in [3.05, 3.63) is 130 Å². The molecule has 0 saturated heterocycles. The van der Waals surface area contributed by atoms with E-state index in [2.05, 4.69) is 122 Å². The van der Waals surface area contributed by atoms with Gasteiger partial charge < -0.3 is 29.5 Å². The minimum Gasteiger partial charge on any atom is -0.480 e. The van der Waals surface area contributed by atoms with Crippen molar-refractivity contribution < 1.29 is 33.1 Å². The lowest BCUT2D eigenvalue weighted by atomic mass is 10.1. The summed E-state index contributed by atoms with van der Waals surface area (Å²) in [6, 6.07) is 30.7. The van der Waals surface area contributed by atoms with Gasteiger partial charge in [-0.3, -0.25) is 24.5 Å². The van der Waals surface area contributed by atoms with Crippen molar-refractivity contribution in [3.63, 3.8) is 0 Å². The lowest BCUT2D eigenvalue weighted by molar-refractivity contribution is -0.135. The maximum Gasteiger partial charge on any atom is 0.317 e. The van der Waals surface area contributed by atoms with Gasteiger partial charge in [0.1, 0.15) is 0 Å². The van der Waals surface area contributed by atoms with E-state index in [1.807, 2.05) is 43.4 Å². The normalized spacial score (nSPS) is 11.5. The summed E-state index contributed by atoms with van der Waals surface area (Å²) >= 11 is 0. The summed E-state index contributed by atoms with van der Waals surface area (Å²) in [5.74, 6) is -1.19.